The van der Waals surface area contributed by atoms with E-state index in [9.17, 15) is 21.6 Å². The minimum atomic E-state index is -4.65. The van der Waals surface area contributed by atoms with E-state index in [-0.39, 0.29) is 15.7 Å². The first-order valence-corrected chi connectivity index (χ1v) is 12.9. The maximum atomic E-state index is 12.8. The average Bonchev–Trinajstić information content (AvgIpc) is 2.75. The maximum absolute atomic E-state index is 12.8. The van der Waals surface area contributed by atoms with Crippen molar-refractivity contribution in [1.82, 2.24) is 0 Å². The van der Waals surface area contributed by atoms with E-state index in [2.05, 4.69) is 4.72 Å². The summed E-state index contributed by atoms with van der Waals surface area (Å²) in [5, 5.41) is 1.94. The Hall–Kier alpha value is -2.10. The molecular weight excluding hydrogens is 550 g/mol. The molecule has 0 aliphatic heterocycles. The summed E-state index contributed by atoms with van der Waals surface area (Å²) in [6.07, 6.45) is -4.65. The van der Waals surface area contributed by atoms with Crippen molar-refractivity contribution in [2.24, 2.45) is 0 Å². The smallest absolute Gasteiger partial charge is 0.279 e. The topological polar surface area (TPSA) is 46.2 Å². The Morgan fingerprint density at radius 3 is 2.03 bits per heavy atom. The van der Waals surface area contributed by atoms with E-state index in [0.717, 1.165) is 21.7 Å². The van der Waals surface area contributed by atoms with Gasteiger partial charge in [0.15, 0.2) is 0 Å². The molecule has 0 aliphatic rings. The molecule has 0 heterocycles. The lowest BCUT2D eigenvalue weighted by Gasteiger charge is -2.14. The Morgan fingerprint density at radius 1 is 0.765 bits per heavy atom. The van der Waals surface area contributed by atoms with E-state index in [1.165, 1.54) is 23.9 Å². The highest BCUT2D eigenvalue weighted by Crippen LogP contribution is 2.42. The Bertz CT molecular complexity index is 1490. The molecule has 0 saturated heterocycles. The number of fused-ring (bicyclic) bond motifs is 1. The van der Waals surface area contributed by atoms with Crippen LogP contribution in [0, 0.1) is 0 Å². The van der Waals surface area contributed by atoms with Gasteiger partial charge < -0.3 is 0 Å². The molecule has 34 heavy (non-hydrogen) atoms. The second-order valence-electron chi connectivity index (χ2n) is 7.13. The van der Waals surface area contributed by atoms with Gasteiger partial charge in [-0.15, -0.1) is 0 Å². The predicted octanol–water partition coefficient (Wildman–Crippen LogP) is 8.77. The maximum Gasteiger partial charge on any atom is 0.416 e. The van der Waals surface area contributed by atoms with Crippen molar-refractivity contribution in [3.8, 4) is 0 Å². The van der Waals surface area contributed by atoms with Crippen molar-refractivity contribution in [3.05, 3.63) is 93.4 Å². The van der Waals surface area contributed by atoms with E-state index in [4.69, 9.17) is 34.8 Å². The quantitative estimate of drug-likeness (QED) is 0.264. The van der Waals surface area contributed by atoms with E-state index in [0.29, 0.717) is 17.0 Å². The minimum Gasteiger partial charge on any atom is -0.279 e. The van der Waals surface area contributed by atoms with Crippen LogP contribution in [-0.4, -0.2) is 8.42 Å². The Morgan fingerprint density at radius 2 is 1.41 bits per heavy atom. The van der Waals surface area contributed by atoms with E-state index < -0.39 is 31.7 Å². The summed E-state index contributed by atoms with van der Waals surface area (Å²) >= 11 is 19.9. The first kappa shape index (κ1) is 25.0. The van der Waals surface area contributed by atoms with Crippen LogP contribution in [0.1, 0.15) is 5.56 Å². The van der Waals surface area contributed by atoms with Crippen molar-refractivity contribution in [3.63, 3.8) is 0 Å². The second-order valence-corrected chi connectivity index (χ2v) is 11.1. The second kappa shape index (κ2) is 9.51. The summed E-state index contributed by atoms with van der Waals surface area (Å²) in [4.78, 5) is 0.894. The number of halogens is 6. The zero-order valence-corrected chi connectivity index (χ0v) is 20.7. The van der Waals surface area contributed by atoms with Gasteiger partial charge in [0.05, 0.1) is 26.3 Å². The standard InChI is InChI=1S/C23H13Cl3F3NO2S2/c24-18-10-15(23(27,28)29)6-8-21(18)34(31,32)30-16-11-19(25)22(20(26)12-16)33-17-7-5-13-3-1-2-4-14(13)9-17/h1-12,30H. The van der Waals surface area contributed by atoms with E-state index in [1.807, 2.05) is 42.5 Å². The van der Waals surface area contributed by atoms with Crippen LogP contribution in [0.25, 0.3) is 10.8 Å². The van der Waals surface area contributed by atoms with Gasteiger partial charge in [0.2, 0.25) is 0 Å². The summed E-state index contributed by atoms with van der Waals surface area (Å²) in [6, 6.07) is 18.4. The molecule has 0 spiro atoms. The Kier molecular flexibility index (Phi) is 6.99. The molecule has 4 aromatic carbocycles. The van der Waals surface area contributed by atoms with Gasteiger partial charge in [0.1, 0.15) is 4.90 Å². The zero-order valence-electron chi connectivity index (χ0n) is 16.8. The number of rotatable bonds is 5. The number of alkyl halides is 3. The van der Waals surface area contributed by atoms with Crippen molar-refractivity contribution >= 4 is 73.0 Å². The minimum absolute atomic E-state index is 0.0360. The largest absolute Gasteiger partial charge is 0.416 e. The van der Waals surface area contributed by atoms with Crippen LogP contribution in [0.5, 0.6) is 0 Å². The van der Waals surface area contributed by atoms with Gasteiger partial charge in [0.25, 0.3) is 10.0 Å². The zero-order chi connectivity index (χ0) is 24.7. The number of benzene rings is 4. The third-order valence-corrected chi connectivity index (χ3v) is 8.56. The average molecular weight is 563 g/mol. The molecular formula is C23H13Cl3F3NO2S2. The van der Waals surface area contributed by atoms with Crippen LogP contribution < -0.4 is 4.72 Å². The molecule has 0 bridgehead atoms. The van der Waals surface area contributed by atoms with Crippen LogP contribution in [0.15, 0.2) is 87.5 Å². The lowest BCUT2D eigenvalue weighted by atomic mass is 10.1. The van der Waals surface area contributed by atoms with E-state index in [1.54, 1.807) is 0 Å². The number of sulfonamides is 1. The number of hydrogen-bond acceptors (Lipinski definition) is 3. The third kappa shape index (κ3) is 5.42. The molecule has 4 aromatic rings. The molecule has 0 aliphatic carbocycles. The normalized spacial score (nSPS) is 12.2. The molecule has 0 fully saturated rings. The van der Waals surface area contributed by atoms with Crippen LogP contribution in [0.3, 0.4) is 0 Å². The summed E-state index contributed by atoms with van der Waals surface area (Å²) in [5.74, 6) is 0. The highest BCUT2D eigenvalue weighted by molar-refractivity contribution is 7.99. The molecule has 0 unspecified atom stereocenters. The van der Waals surface area contributed by atoms with Gasteiger partial charge in [-0.3, -0.25) is 4.72 Å². The number of nitrogens with one attached hydrogen (secondary N) is 1. The van der Waals surface area contributed by atoms with Crippen LogP contribution >= 0.6 is 46.6 Å². The molecule has 3 nitrogen and oxygen atoms in total. The molecule has 0 radical (unpaired) electrons. The van der Waals surface area contributed by atoms with Crippen molar-refractivity contribution < 1.29 is 21.6 Å². The van der Waals surface area contributed by atoms with Gasteiger partial charge in [-0.05, 0) is 53.2 Å². The molecule has 176 valence electrons. The summed E-state index contributed by atoms with van der Waals surface area (Å²) in [5.41, 5.74) is -1.02. The highest BCUT2D eigenvalue weighted by atomic mass is 35.5. The fraction of sp³-hybridized carbons (Fsp3) is 0.0435. The lowest BCUT2D eigenvalue weighted by molar-refractivity contribution is -0.137. The van der Waals surface area contributed by atoms with Crippen LogP contribution in [0.4, 0.5) is 18.9 Å². The third-order valence-electron chi connectivity index (χ3n) is 4.74. The van der Waals surface area contributed by atoms with E-state index >= 15 is 0 Å². The first-order chi connectivity index (χ1) is 15.9. The molecule has 0 saturated carbocycles. The SMILES string of the molecule is O=S(=O)(Nc1cc(Cl)c(Sc2ccc3ccccc3c2)c(Cl)c1)c1ccc(C(F)(F)F)cc1Cl. The van der Waals surface area contributed by atoms with Crippen molar-refractivity contribution in [1.29, 1.82) is 0 Å². The van der Waals surface area contributed by atoms with Crippen molar-refractivity contribution in [2.75, 3.05) is 4.72 Å². The molecule has 0 amide bonds. The number of anilines is 1. The fourth-order valence-electron chi connectivity index (χ4n) is 3.17. The monoisotopic (exact) mass is 561 g/mol. The molecule has 1 N–H and O–H groups in total. The Balaban J connectivity index is 1.60. The van der Waals surface area contributed by atoms with Crippen LogP contribution in [0.2, 0.25) is 15.1 Å². The molecule has 0 aromatic heterocycles. The molecule has 4 rings (SSSR count). The number of hydrogen-bond donors (Lipinski definition) is 1. The van der Waals surface area contributed by atoms with Gasteiger partial charge in [-0.25, -0.2) is 8.42 Å². The highest BCUT2D eigenvalue weighted by Gasteiger charge is 2.32. The summed E-state index contributed by atoms with van der Waals surface area (Å²) in [7, 11) is -4.31. The van der Waals surface area contributed by atoms with Gasteiger partial charge in [-0.1, -0.05) is 76.9 Å². The van der Waals surface area contributed by atoms with Gasteiger partial charge >= 0.3 is 6.18 Å². The fourth-order valence-corrected chi connectivity index (χ4v) is 6.35. The predicted molar refractivity (Wildman–Crippen MR) is 132 cm³/mol. The Labute approximate surface area is 212 Å². The van der Waals surface area contributed by atoms with Crippen molar-refractivity contribution in [2.45, 2.75) is 20.9 Å². The molecule has 0 atom stereocenters. The lowest BCUT2D eigenvalue weighted by Crippen LogP contribution is -2.14. The molecule has 11 heteroatoms. The summed E-state index contributed by atoms with van der Waals surface area (Å²) in [6.45, 7) is 0. The van der Waals surface area contributed by atoms with Crippen LogP contribution in [-0.2, 0) is 16.2 Å². The summed E-state index contributed by atoms with van der Waals surface area (Å²) < 4.78 is 66.3. The first-order valence-electron chi connectivity index (χ1n) is 9.49. The van der Waals surface area contributed by atoms with Gasteiger partial charge in [-0.2, -0.15) is 13.2 Å². The van der Waals surface area contributed by atoms with Gasteiger partial charge in [0, 0.05) is 9.79 Å².